The van der Waals surface area contributed by atoms with E-state index < -0.39 is 0 Å². The summed E-state index contributed by atoms with van der Waals surface area (Å²) in [7, 11) is 0. The molecule has 104 valence electrons. The third kappa shape index (κ3) is 2.88. The number of carbonyl (C=O) groups is 1. The summed E-state index contributed by atoms with van der Waals surface area (Å²) in [5.41, 5.74) is 0. The van der Waals surface area contributed by atoms with Gasteiger partial charge in [0.05, 0.1) is 12.2 Å². The van der Waals surface area contributed by atoms with Gasteiger partial charge >= 0.3 is 6.03 Å². The summed E-state index contributed by atoms with van der Waals surface area (Å²) in [6.07, 6.45) is 10.9. The van der Waals surface area contributed by atoms with Gasteiger partial charge in [-0.2, -0.15) is 0 Å². The predicted octanol–water partition coefficient (Wildman–Crippen LogP) is 1.57. The van der Waals surface area contributed by atoms with E-state index in [2.05, 4.69) is 15.6 Å². The Kier molecular flexibility index (Phi) is 3.66. The summed E-state index contributed by atoms with van der Waals surface area (Å²) in [5.74, 6) is 0. The van der Waals surface area contributed by atoms with Gasteiger partial charge < -0.3 is 10.2 Å². The Bertz CT molecular complexity index is 405. The molecule has 0 aromatic carbocycles. The molecule has 19 heavy (non-hydrogen) atoms. The van der Waals surface area contributed by atoms with Crippen molar-refractivity contribution in [3.8, 4) is 0 Å². The maximum Gasteiger partial charge on any atom is 0.317 e. The van der Waals surface area contributed by atoms with Crippen LogP contribution in [0.15, 0.2) is 12.4 Å². The van der Waals surface area contributed by atoms with Crippen LogP contribution in [0, 0.1) is 0 Å². The zero-order chi connectivity index (χ0) is 13.1. The van der Waals surface area contributed by atoms with E-state index in [-0.39, 0.29) is 6.03 Å². The lowest BCUT2D eigenvalue weighted by atomic mass is 10.1. The molecule has 6 heteroatoms. The molecule has 0 spiro atoms. The van der Waals surface area contributed by atoms with Crippen molar-refractivity contribution in [2.45, 2.75) is 50.6 Å². The molecule has 3 rings (SSSR count). The second-order valence-electron chi connectivity index (χ2n) is 5.58. The average Bonchev–Trinajstić information content (AvgIpc) is 2.73. The Labute approximate surface area is 113 Å². The molecule has 2 heterocycles. The van der Waals surface area contributed by atoms with Crippen LogP contribution in [-0.4, -0.2) is 45.1 Å². The Morgan fingerprint density at radius 3 is 2.53 bits per heavy atom. The second kappa shape index (κ2) is 5.59. The summed E-state index contributed by atoms with van der Waals surface area (Å²) in [6.45, 7) is 1.48. The fourth-order valence-electron chi connectivity index (χ4n) is 2.89. The van der Waals surface area contributed by atoms with Gasteiger partial charge in [0, 0.05) is 25.3 Å². The van der Waals surface area contributed by atoms with Gasteiger partial charge in [0.25, 0.3) is 0 Å². The first-order valence-electron chi connectivity index (χ1n) is 7.24. The van der Waals surface area contributed by atoms with Crippen LogP contribution < -0.4 is 5.32 Å². The fraction of sp³-hybridized carbons (Fsp3) is 0.769. The van der Waals surface area contributed by atoms with E-state index in [4.69, 9.17) is 0 Å². The minimum atomic E-state index is 0.0864. The average molecular weight is 263 g/mol. The van der Waals surface area contributed by atoms with Crippen LogP contribution in [0.4, 0.5) is 4.79 Å². The van der Waals surface area contributed by atoms with Crippen LogP contribution in [0.1, 0.15) is 44.6 Å². The van der Waals surface area contributed by atoms with Crippen LogP contribution >= 0.6 is 0 Å². The van der Waals surface area contributed by atoms with E-state index in [1.807, 2.05) is 15.8 Å². The van der Waals surface area contributed by atoms with Gasteiger partial charge in [0.1, 0.15) is 0 Å². The minimum absolute atomic E-state index is 0.0864. The topological polar surface area (TPSA) is 63.1 Å². The maximum absolute atomic E-state index is 12.1. The molecule has 1 saturated heterocycles. The SMILES string of the molecule is O=C(NC1CCCCCC1)N1CC(n2ccnn2)C1. The third-order valence-corrected chi connectivity index (χ3v) is 4.15. The Balaban J connectivity index is 1.44. The van der Waals surface area contributed by atoms with E-state index in [1.54, 1.807) is 6.20 Å². The standard InChI is InChI=1S/C13H21N5O/c19-13(15-11-5-3-1-2-4-6-11)17-9-12(10-17)18-8-7-14-16-18/h7-8,11-12H,1-6,9-10H2,(H,15,19). The van der Waals surface area contributed by atoms with Gasteiger partial charge in [-0.1, -0.05) is 30.9 Å². The first-order valence-corrected chi connectivity index (χ1v) is 7.24. The number of amides is 2. The van der Waals surface area contributed by atoms with E-state index in [9.17, 15) is 4.79 Å². The van der Waals surface area contributed by atoms with Crippen molar-refractivity contribution in [2.24, 2.45) is 0 Å². The summed E-state index contributed by atoms with van der Waals surface area (Å²) in [5, 5.41) is 10.9. The lowest BCUT2D eigenvalue weighted by Crippen LogP contribution is -2.56. The second-order valence-corrected chi connectivity index (χ2v) is 5.58. The van der Waals surface area contributed by atoms with Crippen molar-refractivity contribution >= 4 is 6.03 Å². The zero-order valence-corrected chi connectivity index (χ0v) is 11.2. The van der Waals surface area contributed by atoms with Crippen molar-refractivity contribution in [2.75, 3.05) is 13.1 Å². The first-order chi connectivity index (χ1) is 9.33. The third-order valence-electron chi connectivity index (χ3n) is 4.15. The van der Waals surface area contributed by atoms with Crippen LogP contribution in [0.3, 0.4) is 0 Å². The monoisotopic (exact) mass is 263 g/mol. The number of rotatable bonds is 2. The molecular weight excluding hydrogens is 242 g/mol. The Morgan fingerprint density at radius 1 is 1.16 bits per heavy atom. The highest BCUT2D eigenvalue weighted by Crippen LogP contribution is 2.21. The van der Waals surface area contributed by atoms with Crippen molar-refractivity contribution < 1.29 is 4.79 Å². The fourth-order valence-corrected chi connectivity index (χ4v) is 2.89. The van der Waals surface area contributed by atoms with Crippen LogP contribution in [0.2, 0.25) is 0 Å². The molecule has 1 aliphatic heterocycles. The molecule has 1 aliphatic carbocycles. The van der Waals surface area contributed by atoms with Crippen molar-refractivity contribution in [3.63, 3.8) is 0 Å². The molecule has 0 atom stereocenters. The molecule has 0 bridgehead atoms. The quantitative estimate of drug-likeness (QED) is 0.824. The Hall–Kier alpha value is -1.59. The van der Waals surface area contributed by atoms with Gasteiger partial charge in [-0.3, -0.25) is 0 Å². The van der Waals surface area contributed by atoms with Gasteiger partial charge in [-0.05, 0) is 12.8 Å². The van der Waals surface area contributed by atoms with E-state index in [0.29, 0.717) is 12.1 Å². The summed E-state index contributed by atoms with van der Waals surface area (Å²) in [4.78, 5) is 13.9. The van der Waals surface area contributed by atoms with Crippen molar-refractivity contribution in [1.82, 2.24) is 25.2 Å². The van der Waals surface area contributed by atoms with Crippen LogP contribution in [0.25, 0.3) is 0 Å². The molecule has 0 radical (unpaired) electrons. The molecule has 2 fully saturated rings. The molecule has 1 aromatic rings. The van der Waals surface area contributed by atoms with Gasteiger partial charge in [-0.15, -0.1) is 5.10 Å². The molecule has 2 amide bonds. The number of likely N-dealkylation sites (tertiary alicyclic amines) is 1. The summed E-state index contributed by atoms with van der Waals surface area (Å²) in [6, 6.07) is 0.756. The highest BCUT2D eigenvalue weighted by atomic mass is 16.2. The Morgan fingerprint density at radius 2 is 1.89 bits per heavy atom. The number of hydrogen-bond donors (Lipinski definition) is 1. The van der Waals surface area contributed by atoms with Crippen LogP contribution in [0.5, 0.6) is 0 Å². The smallest absolute Gasteiger partial charge is 0.317 e. The number of nitrogens with one attached hydrogen (secondary N) is 1. The first kappa shape index (κ1) is 12.4. The molecule has 6 nitrogen and oxygen atoms in total. The molecule has 1 N–H and O–H groups in total. The van der Waals surface area contributed by atoms with E-state index in [1.165, 1.54) is 25.7 Å². The molecule has 1 aromatic heterocycles. The normalized spacial score (nSPS) is 21.8. The highest BCUT2D eigenvalue weighted by Gasteiger charge is 2.33. The maximum atomic E-state index is 12.1. The van der Waals surface area contributed by atoms with E-state index >= 15 is 0 Å². The zero-order valence-electron chi connectivity index (χ0n) is 11.2. The van der Waals surface area contributed by atoms with E-state index in [0.717, 1.165) is 25.9 Å². The lowest BCUT2D eigenvalue weighted by Gasteiger charge is -2.39. The van der Waals surface area contributed by atoms with Crippen molar-refractivity contribution in [1.29, 1.82) is 0 Å². The lowest BCUT2D eigenvalue weighted by molar-refractivity contribution is 0.114. The molecule has 2 aliphatic rings. The number of hydrogen-bond acceptors (Lipinski definition) is 3. The molecule has 1 saturated carbocycles. The van der Waals surface area contributed by atoms with Gasteiger partial charge in [-0.25, -0.2) is 9.48 Å². The summed E-state index contributed by atoms with van der Waals surface area (Å²) < 4.78 is 1.83. The number of urea groups is 1. The number of carbonyl (C=O) groups excluding carboxylic acids is 1. The van der Waals surface area contributed by atoms with Crippen molar-refractivity contribution in [3.05, 3.63) is 12.4 Å². The number of aromatic nitrogens is 3. The van der Waals surface area contributed by atoms with Gasteiger partial charge in [0.15, 0.2) is 0 Å². The molecular formula is C13H21N5O. The van der Waals surface area contributed by atoms with Crippen LogP contribution in [-0.2, 0) is 0 Å². The highest BCUT2D eigenvalue weighted by molar-refractivity contribution is 5.75. The predicted molar refractivity (Wildman–Crippen MR) is 70.7 cm³/mol. The largest absolute Gasteiger partial charge is 0.335 e. The minimum Gasteiger partial charge on any atom is -0.335 e. The van der Waals surface area contributed by atoms with Gasteiger partial charge in [0.2, 0.25) is 0 Å². The molecule has 0 unspecified atom stereocenters. The summed E-state index contributed by atoms with van der Waals surface area (Å²) >= 11 is 0. The number of nitrogens with zero attached hydrogens (tertiary/aromatic N) is 4.